The van der Waals surface area contributed by atoms with Gasteiger partial charge in [0.1, 0.15) is 24.7 Å². The van der Waals surface area contributed by atoms with Crippen LogP contribution in [0.3, 0.4) is 0 Å². The summed E-state index contributed by atoms with van der Waals surface area (Å²) in [6.07, 6.45) is 2.18. The van der Waals surface area contributed by atoms with Crippen LogP contribution in [0, 0.1) is 5.82 Å². The van der Waals surface area contributed by atoms with E-state index >= 15 is 0 Å². The fraction of sp³-hybridized carbons (Fsp3) is 0.423. The molecule has 1 aromatic heterocycles. The molecule has 12 heteroatoms. The van der Waals surface area contributed by atoms with Crippen molar-refractivity contribution in [1.29, 1.82) is 0 Å². The molecule has 2 N–H and O–H groups in total. The first kappa shape index (κ1) is 33.5. The summed E-state index contributed by atoms with van der Waals surface area (Å²) in [5.74, 6) is -0.675. The summed E-state index contributed by atoms with van der Waals surface area (Å²) in [7, 11) is 5.36. The van der Waals surface area contributed by atoms with E-state index in [1.165, 1.54) is 29.3 Å². The van der Waals surface area contributed by atoms with Gasteiger partial charge >= 0.3 is 5.97 Å². The summed E-state index contributed by atoms with van der Waals surface area (Å²) in [6, 6.07) is 5.93. The van der Waals surface area contributed by atoms with Crippen molar-refractivity contribution in [2.24, 2.45) is 0 Å². The van der Waals surface area contributed by atoms with Crippen LogP contribution in [0.15, 0.2) is 43.0 Å². The molecule has 0 radical (unpaired) electrons. The van der Waals surface area contributed by atoms with Gasteiger partial charge in [0.2, 0.25) is 0 Å². The highest BCUT2D eigenvalue weighted by atomic mass is 32.2. The fourth-order valence-corrected chi connectivity index (χ4v) is 3.55. The van der Waals surface area contributed by atoms with Crippen LogP contribution >= 0.6 is 25.7 Å². The van der Waals surface area contributed by atoms with Crippen molar-refractivity contribution >= 4 is 43.7 Å². The standard InChI is InChI=1S/C26H35FN4O5S.H2S/c1-7-14-35-23(34)16-21(33)15-20(32)12-13-22-24(17(2)3)28-26(31(6)36-37-30(4)5)29-25(22)18-8-10-19(27)11-9-18;/h7-13,17,20-21,32-33H,1,14-16H2,2-6H3;1H2/b13-12+;. The Labute approximate surface area is 235 Å². The first-order valence-corrected chi connectivity index (χ1v) is 12.5. The van der Waals surface area contributed by atoms with Gasteiger partial charge in [0.25, 0.3) is 5.95 Å². The number of aliphatic hydroxyl groups is 2. The lowest BCUT2D eigenvalue weighted by molar-refractivity contribution is -0.144. The van der Waals surface area contributed by atoms with Gasteiger partial charge in [-0.05, 0) is 44.3 Å². The van der Waals surface area contributed by atoms with Crippen molar-refractivity contribution in [3.63, 3.8) is 0 Å². The molecule has 210 valence electrons. The summed E-state index contributed by atoms with van der Waals surface area (Å²) in [4.78, 5) is 21.1. The molecule has 0 saturated carbocycles. The summed E-state index contributed by atoms with van der Waals surface area (Å²) in [6.45, 7) is 7.47. The number of carbonyl (C=O) groups is 1. The first-order chi connectivity index (χ1) is 17.5. The summed E-state index contributed by atoms with van der Waals surface area (Å²) < 4.78 is 25.9. The zero-order valence-electron chi connectivity index (χ0n) is 22.3. The van der Waals surface area contributed by atoms with Gasteiger partial charge < -0.3 is 14.9 Å². The van der Waals surface area contributed by atoms with Gasteiger partial charge in [0.15, 0.2) is 0 Å². The minimum atomic E-state index is -1.09. The van der Waals surface area contributed by atoms with E-state index in [1.807, 2.05) is 27.9 Å². The molecule has 1 heterocycles. The third kappa shape index (κ3) is 10.7. The van der Waals surface area contributed by atoms with Crippen molar-refractivity contribution in [1.82, 2.24) is 14.3 Å². The number of halogens is 1. The Balaban J connectivity index is 0.00000722. The van der Waals surface area contributed by atoms with Crippen molar-refractivity contribution in [2.75, 3.05) is 32.8 Å². The van der Waals surface area contributed by atoms with E-state index in [-0.39, 0.29) is 44.7 Å². The van der Waals surface area contributed by atoms with E-state index in [9.17, 15) is 19.4 Å². The molecule has 0 fully saturated rings. The number of aliphatic hydroxyl groups excluding tert-OH is 2. The zero-order chi connectivity index (χ0) is 27.5. The van der Waals surface area contributed by atoms with Crippen LogP contribution in [0.5, 0.6) is 0 Å². The smallest absolute Gasteiger partial charge is 0.308 e. The van der Waals surface area contributed by atoms with Crippen LogP contribution < -0.4 is 5.06 Å². The first-order valence-electron chi connectivity index (χ1n) is 11.8. The molecule has 0 bridgehead atoms. The molecule has 0 spiro atoms. The van der Waals surface area contributed by atoms with Crippen molar-refractivity contribution in [2.45, 2.75) is 44.8 Å². The van der Waals surface area contributed by atoms with E-state index in [0.717, 1.165) is 12.2 Å². The number of aromatic nitrogens is 2. The lowest BCUT2D eigenvalue weighted by Gasteiger charge is -2.21. The van der Waals surface area contributed by atoms with Crippen molar-refractivity contribution < 1.29 is 28.4 Å². The second-order valence-corrected chi connectivity index (χ2v) is 9.81. The molecule has 2 rings (SSSR count). The van der Waals surface area contributed by atoms with Gasteiger partial charge in [0.05, 0.1) is 30.0 Å². The highest BCUT2D eigenvalue weighted by molar-refractivity contribution is 7.92. The molecule has 1 aromatic carbocycles. The molecule has 38 heavy (non-hydrogen) atoms. The van der Waals surface area contributed by atoms with Gasteiger partial charge in [-0.25, -0.2) is 23.7 Å². The number of hydroxylamine groups is 1. The molecule has 2 atom stereocenters. The number of carbonyl (C=O) groups excluding carboxylic acids is 1. The molecule has 0 amide bonds. The van der Waals surface area contributed by atoms with Gasteiger partial charge in [-0.15, -0.1) is 0 Å². The lowest BCUT2D eigenvalue weighted by Crippen LogP contribution is -2.21. The summed E-state index contributed by atoms with van der Waals surface area (Å²) in [5.41, 5.74) is 2.50. The summed E-state index contributed by atoms with van der Waals surface area (Å²) in [5, 5.41) is 22.1. The Kier molecular flexibility index (Phi) is 14.5. The highest BCUT2D eigenvalue weighted by Crippen LogP contribution is 2.32. The van der Waals surface area contributed by atoms with E-state index in [2.05, 4.69) is 11.6 Å². The van der Waals surface area contributed by atoms with Crippen LogP contribution in [0.1, 0.15) is 43.9 Å². The van der Waals surface area contributed by atoms with Crippen molar-refractivity contribution in [3.8, 4) is 11.3 Å². The fourth-order valence-electron chi connectivity index (χ4n) is 3.25. The number of esters is 1. The van der Waals surface area contributed by atoms with Gasteiger partial charge in [-0.2, -0.15) is 17.8 Å². The van der Waals surface area contributed by atoms with E-state index in [1.54, 1.807) is 29.6 Å². The Hall–Kier alpha value is -2.48. The van der Waals surface area contributed by atoms with E-state index in [4.69, 9.17) is 14.0 Å². The maximum atomic E-state index is 13.7. The SMILES string of the molecule is C=CCOC(=O)CC(O)CC(O)/C=C/c1c(-c2ccc(F)cc2)nc(N(C)OSN(C)C)nc1C(C)C.S. The largest absolute Gasteiger partial charge is 0.461 e. The van der Waals surface area contributed by atoms with Crippen LogP contribution in [0.4, 0.5) is 10.3 Å². The maximum absolute atomic E-state index is 13.7. The summed E-state index contributed by atoms with van der Waals surface area (Å²) >= 11 is 1.11. The molecule has 0 aliphatic heterocycles. The Morgan fingerprint density at radius 1 is 1.18 bits per heavy atom. The average molecular weight is 569 g/mol. The number of ether oxygens (including phenoxy) is 1. The molecule has 9 nitrogen and oxygen atoms in total. The van der Waals surface area contributed by atoms with Crippen LogP contribution in [0.25, 0.3) is 17.3 Å². The second-order valence-electron chi connectivity index (χ2n) is 8.78. The molecule has 0 aliphatic carbocycles. The highest BCUT2D eigenvalue weighted by Gasteiger charge is 2.20. The Morgan fingerprint density at radius 2 is 1.84 bits per heavy atom. The zero-order valence-corrected chi connectivity index (χ0v) is 24.1. The van der Waals surface area contributed by atoms with Crippen LogP contribution in [0.2, 0.25) is 0 Å². The van der Waals surface area contributed by atoms with E-state index < -0.39 is 18.2 Å². The predicted octanol–water partition coefficient (Wildman–Crippen LogP) is 4.26. The minimum Gasteiger partial charge on any atom is -0.461 e. The number of hydrogen-bond donors (Lipinski definition) is 2. The number of rotatable bonds is 14. The number of nitrogens with zero attached hydrogens (tertiary/aromatic N) is 4. The average Bonchev–Trinajstić information content (AvgIpc) is 2.84. The Morgan fingerprint density at radius 3 is 2.42 bits per heavy atom. The van der Waals surface area contributed by atoms with Gasteiger partial charge in [-0.3, -0.25) is 4.79 Å². The van der Waals surface area contributed by atoms with Crippen molar-refractivity contribution in [3.05, 3.63) is 60.1 Å². The van der Waals surface area contributed by atoms with Gasteiger partial charge in [-0.1, -0.05) is 38.7 Å². The third-order valence-corrected chi connectivity index (χ3v) is 5.56. The van der Waals surface area contributed by atoms with Gasteiger partial charge in [0, 0.05) is 24.6 Å². The number of hydrogen-bond acceptors (Lipinski definition) is 10. The lowest BCUT2D eigenvalue weighted by atomic mass is 9.97. The molecule has 0 saturated heterocycles. The second kappa shape index (κ2) is 16.5. The minimum absolute atomic E-state index is 0. The monoisotopic (exact) mass is 568 g/mol. The molecule has 2 unspecified atom stereocenters. The maximum Gasteiger partial charge on any atom is 0.308 e. The molecular formula is C26H37FN4O5S2. The number of anilines is 1. The normalized spacial score (nSPS) is 12.9. The third-order valence-electron chi connectivity index (χ3n) is 4.97. The quantitative estimate of drug-likeness (QED) is 0.113. The van der Waals surface area contributed by atoms with E-state index in [0.29, 0.717) is 28.5 Å². The molecule has 2 aromatic rings. The predicted molar refractivity (Wildman–Crippen MR) is 154 cm³/mol. The van der Waals surface area contributed by atoms with Crippen LogP contribution in [-0.2, 0) is 13.8 Å². The topological polar surface area (TPSA) is 108 Å². The molecule has 0 aliphatic rings. The number of benzene rings is 1. The Bertz CT molecular complexity index is 1070. The van der Waals surface area contributed by atoms with Crippen LogP contribution in [-0.4, -0.2) is 70.4 Å². The molecular weight excluding hydrogens is 531 g/mol.